The van der Waals surface area contributed by atoms with E-state index in [-0.39, 0.29) is 0 Å². The second-order valence-electron chi connectivity index (χ2n) is 2.53. The van der Waals surface area contributed by atoms with E-state index in [1.54, 1.807) is 19.5 Å². The van der Waals surface area contributed by atoms with Crippen molar-refractivity contribution in [1.82, 2.24) is 15.2 Å². The van der Waals surface area contributed by atoms with E-state index in [0.717, 1.165) is 16.6 Å². The van der Waals surface area contributed by atoms with Crippen molar-refractivity contribution < 1.29 is 4.74 Å². The highest BCUT2D eigenvalue weighted by Gasteiger charge is 2.02. The van der Waals surface area contributed by atoms with Crippen LogP contribution in [0.3, 0.4) is 0 Å². The predicted molar refractivity (Wildman–Crippen MR) is 44.6 cm³/mol. The summed E-state index contributed by atoms with van der Waals surface area (Å²) in [6.07, 6.45) is 3.51. The first-order valence-corrected chi connectivity index (χ1v) is 3.67. The van der Waals surface area contributed by atoms with E-state index in [9.17, 15) is 0 Å². The van der Waals surface area contributed by atoms with Crippen LogP contribution in [0.4, 0.5) is 0 Å². The molecule has 0 aliphatic carbocycles. The highest BCUT2D eigenvalue weighted by molar-refractivity contribution is 5.79. The molecule has 12 heavy (non-hydrogen) atoms. The molecule has 2 aromatic heterocycles. The zero-order valence-corrected chi connectivity index (χ0v) is 6.74. The van der Waals surface area contributed by atoms with Crippen molar-refractivity contribution in [2.45, 2.75) is 6.61 Å². The third-order valence-corrected chi connectivity index (χ3v) is 1.72. The quantitative estimate of drug-likeness (QED) is 0.721. The molecular formula is C8H9N3O. The van der Waals surface area contributed by atoms with Crippen molar-refractivity contribution in [2.24, 2.45) is 0 Å². The van der Waals surface area contributed by atoms with Gasteiger partial charge in [0.15, 0.2) is 0 Å². The molecule has 0 bridgehead atoms. The first-order chi connectivity index (χ1) is 5.92. The number of aromatic nitrogens is 3. The lowest BCUT2D eigenvalue weighted by Crippen LogP contribution is -1.87. The van der Waals surface area contributed by atoms with E-state index in [1.165, 1.54) is 0 Å². The maximum absolute atomic E-state index is 5.00. The number of fused-ring (bicyclic) bond motifs is 1. The summed E-state index contributed by atoms with van der Waals surface area (Å²) in [6, 6.07) is 1.87. The Kier molecular flexibility index (Phi) is 1.75. The molecule has 1 N–H and O–H groups in total. The molecule has 0 unspecified atom stereocenters. The molecule has 0 atom stereocenters. The number of H-pyrrole nitrogens is 1. The van der Waals surface area contributed by atoms with Crippen LogP contribution in [0, 0.1) is 0 Å². The summed E-state index contributed by atoms with van der Waals surface area (Å²) in [4.78, 5) is 4.01. The molecule has 2 heterocycles. The van der Waals surface area contributed by atoms with Gasteiger partial charge in [0.05, 0.1) is 17.8 Å². The molecule has 0 radical (unpaired) electrons. The summed E-state index contributed by atoms with van der Waals surface area (Å²) in [5.41, 5.74) is 1.90. The Morgan fingerprint density at radius 2 is 2.50 bits per heavy atom. The topological polar surface area (TPSA) is 50.8 Å². The molecule has 62 valence electrons. The highest BCUT2D eigenvalue weighted by atomic mass is 16.5. The molecule has 0 fully saturated rings. The Bertz CT molecular complexity index is 382. The van der Waals surface area contributed by atoms with Crippen LogP contribution in [0.1, 0.15) is 5.69 Å². The monoisotopic (exact) mass is 163 g/mol. The van der Waals surface area contributed by atoms with Gasteiger partial charge in [0.25, 0.3) is 0 Å². The fraction of sp³-hybridized carbons (Fsp3) is 0.250. The van der Waals surface area contributed by atoms with E-state index < -0.39 is 0 Å². The van der Waals surface area contributed by atoms with Crippen molar-refractivity contribution in [2.75, 3.05) is 7.11 Å². The fourth-order valence-electron chi connectivity index (χ4n) is 1.16. The van der Waals surface area contributed by atoms with Crippen LogP contribution < -0.4 is 0 Å². The Morgan fingerprint density at radius 1 is 1.58 bits per heavy atom. The van der Waals surface area contributed by atoms with Crippen LogP contribution in [-0.4, -0.2) is 22.3 Å². The van der Waals surface area contributed by atoms with Gasteiger partial charge in [-0.1, -0.05) is 0 Å². The number of aromatic amines is 1. The minimum Gasteiger partial charge on any atom is -0.378 e. The molecule has 0 spiro atoms. The smallest absolute Gasteiger partial charge is 0.0955 e. The van der Waals surface area contributed by atoms with Crippen LogP contribution in [0.15, 0.2) is 18.5 Å². The molecule has 0 amide bonds. The summed E-state index contributed by atoms with van der Waals surface area (Å²) in [6.45, 7) is 0.544. The summed E-state index contributed by atoms with van der Waals surface area (Å²) in [5.74, 6) is 0. The highest BCUT2D eigenvalue weighted by Crippen LogP contribution is 2.13. The molecule has 0 aromatic carbocycles. The summed E-state index contributed by atoms with van der Waals surface area (Å²) in [7, 11) is 1.66. The maximum atomic E-state index is 5.00. The van der Waals surface area contributed by atoms with Gasteiger partial charge < -0.3 is 4.74 Å². The van der Waals surface area contributed by atoms with E-state index in [2.05, 4.69) is 15.2 Å². The Hall–Kier alpha value is -1.42. The van der Waals surface area contributed by atoms with Gasteiger partial charge in [0.2, 0.25) is 0 Å². The van der Waals surface area contributed by atoms with Gasteiger partial charge in [-0.25, -0.2) is 0 Å². The number of hydrogen-bond donors (Lipinski definition) is 1. The minimum atomic E-state index is 0.544. The number of ether oxygens (including phenoxy) is 1. The molecule has 0 aliphatic rings. The first kappa shape index (κ1) is 7.24. The Morgan fingerprint density at radius 3 is 3.33 bits per heavy atom. The Labute approximate surface area is 69.6 Å². The van der Waals surface area contributed by atoms with Crippen molar-refractivity contribution in [3.63, 3.8) is 0 Å². The number of methoxy groups -OCH3 is 1. The van der Waals surface area contributed by atoms with Gasteiger partial charge >= 0.3 is 0 Å². The minimum absolute atomic E-state index is 0.544. The summed E-state index contributed by atoms with van der Waals surface area (Å²) < 4.78 is 5.00. The van der Waals surface area contributed by atoms with Gasteiger partial charge in [-0.2, -0.15) is 5.10 Å². The second-order valence-corrected chi connectivity index (χ2v) is 2.53. The van der Waals surface area contributed by atoms with E-state index in [1.807, 2.05) is 6.07 Å². The van der Waals surface area contributed by atoms with Crippen LogP contribution in [0.5, 0.6) is 0 Å². The average molecular weight is 163 g/mol. The fourth-order valence-corrected chi connectivity index (χ4v) is 1.16. The normalized spacial score (nSPS) is 10.8. The van der Waals surface area contributed by atoms with E-state index in [0.29, 0.717) is 6.61 Å². The molecule has 0 saturated heterocycles. The molecule has 4 heteroatoms. The average Bonchev–Trinajstić information content (AvgIpc) is 2.50. The van der Waals surface area contributed by atoms with Crippen molar-refractivity contribution in [3.8, 4) is 0 Å². The van der Waals surface area contributed by atoms with Crippen LogP contribution in [-0.2, 0) is 11.3 Å². The predicted octanol–water partition coefficient (Wildman–Crippen LogP) is 1.10. The molecular weight excluding hydrogens is 154 g/mol. The number of rotatable bonds is 2. The summed E-state index contributed by atoms with van der Waals surface area (Å²) in [5, 5.41) is 8.02. The SMILES string of the molecule is COCc1[nH]nc2ccncc12. The first-order valence-electron chi connectivity index (χ1n) is 3.67. The molecule has 0 aliphatic heterocycles. The summed E-state index contributed by atoms with van der Waals surface area (Å²) >= 11 is 0. The lowest BCUT2D eigenvalue weighted by molar-refractivity contribution is 0.182. The second kappa shape index (κ2) is 2.91. The third kappa shape index (κ3) is 1.06. The zero-order chi connectivity index (χ0) is 8.39. The van der Waals surface area contributed by atoms with Crippen LogP contribution in [0.25, 0.3) is 10.9 Å². The molecule has 4 nitrogen and oxygen atoms in total. The maximum Gasteiger partial charge on any atom is 0.0955 e. The molecule has 0 saturated carbocycles. The number of nitrogens with zero attached hydrogens (tertiary/aromatic N) is 2. The number of nitrogens with one attached hydrogen (secondary N) is 1. The standard InChI is InChI=1S/C8H9N3O/c1-12-5-8-6-4-9-3-2-7(6)10-11-8/h2-4H,5H2,1H3,(H,10,11). The largest absolute Gasteiger partial charge is 0.378 e. The van der Waals surface area contributed by atoms with Crippen molar-refractivity contribution in [1.29, 1.82) is 0 Å². The van der Waals surface area contributed by atoms with Gasteiger partial charge in [-0.15, -0.1) is 0 Å². The van der Waals surface area contributed by atoms with Gasteiger partial charge in [-0.05, 0) is 6.07 Å². The molecule has 2 aromatic rings. The van der Waals surface area contributed by atoms with Gasteiger partial charge in [-0.3, -0.25) is 10.1 Å². The van der Waals surface area contributed by atoms with Crippen LogP contribution in [0.2, 0.25) is 0 Å². The van der Waals surface area contributed by atoms with Crippen LogP contribution >= 0.6 is 0 Å². The van der Waals surface area contributed by atoms with Crippen molar-refractivity contribution in [3.05, 3.63) is 24.2 Å². The number of hydrogen-bond acceptors (Lipinski definition) is 3. The zero-order valence-electron chi connectivity index (χ0n) is 6.74. The number of pyridine rings is 1. The van der Waals surface area contributed by atoms with E-state index >= 15 is 0 Å². The molecule has 2 rings (SSSR count). The third-order valence-electron chi connectivity index (χ3n) is 1.72. The van der Waals surface area contributed by atoms with Gasteiger partial charge in [0, 0.05) is 24.9 Å². The van der Waals surface area contributed by atoms with Crippen molar-refractivity contribution >= 4 is 10.9 Å². The van der Waals surface area contributed by atoms with Gasteiger partial charge in [0.1, 0.15) is 0 Å². The van der Waals surface area contributed by atoms with E-state index in [4.69, 9.17) is 4.74 Å². The Balaban J connectivity index is 2.55. The lowest BCUT2D eigenvalue weighted by Gasteiger charge is -1.93. The lowest BCUT2D eigenvalue weighted by atomic mass is 10.3.